The first-order valence-corrected chi connectivity index (χ1v) is 6.86. The molecule has 0 aromatic heterocycles. The highest BCUT2D eigenvalue weighted by atomic mass is 19.1. The Bertz CT molecular complexity index is 522. The molecule has 122 valence electrons. The molecule has 22 heavy (non-hydrogen) atoms. The van der Waals surface area contributed by atoms with Gasteiger partial charge in [0, 0.05) is 7.05 Å². The number of ether oxygens (including phenoxy) is 1. The summed E-state index contributed by atoms with van der Waals surface area (Å²) < 4.78 is 18.4. The van der Waals surface area contributed by atoms with Crippen molar-refractivity contribution < 1.29 is 23.6 Å². The Balaban J connectivity index is 2.90. The molecule has 0 saturated heterocycles. The van der Waals surface area contributed by atoms with Gasteiger partial charge in [-0.05, 0) is 31.5 Å². The van der Waals surface area contributed by atoms with E-state index in [1.165, 1.54) is 32.4 Å². The zero-order valence-electron chi connectivity index (χ0n) is 13.1. The summed E-state index contributed by atoms with van der Waals surface area (Å²) in [5.41, 5.74) is 0.471. The average Bonchev–Trinajstić information content (AvgIpc) is 2.44. The number of carbonyl (C=O) groups is 2. The first kappa shape index (κ1) is 17.9. The molecule has 1 aromatic carbocycles. The SMILES string of the molecule is CON(C)C(=O)CC(NC(=O)OC(C)C)c1cccc(F)c1. The van der Waals surface area contributed by atoms with Crippen molar-refractivity contribution in [2.45, 2.75) is 32.4 Å². The molecule has 1 aromatic rings. The van der Waals surface area contributed by atoms with E-state index in [2.05, 4.69) is 5.32 Å². The monoisotopic (exact) mass is 312 g/mol. The van der Waals surface area contributed by atoms with Crippen LogP contribution in [-0.4, -0.2) is 37.3 Å². The highest BCUT2D eigenvalue weighted by molar-refractivity contribution is 5.77. The van der Waals surface area contributed by atoms with Crippen molar-refractivity contribution in [1.82, 2.24) is 10.4 Å². The number of hydrogen-bond acceptors (Lipinski definition) is 4. The molecule has 0 spiro atoms. The van der Waals surface area contributed by atoms with E-state index in [4.69, 9.17) is 9.57 Å². The van der Waals surface area contributed by atoms with Crippen molar-refractivity contribution in [2.75, 3.05) is 14.2 Å². The van der Waals surface area contributed by atoms with Gasteiger partial charge in [-0.25, -0.2) is 14.2 Å². The molecule has 6 nitrogen and oxygen atoms in total. The predicted octanol–water partition coefficient (Wildman–Crippen LogP) is 2.41. The summed E-state index contributed by atoms with van der Waals surface area (Å²) in [6.07, 6.45) is -1.05. The van der Waals surface area contributed by atoms with E-state index in [9.17, 15) is 14.0 Å². The van der Waals surface area contributed by atoms with Gasteiger partial charge in [-0.2, -0.15) is 0 Å². The summed E-state index contributed by atoms with van der Waals surface area (Å²) in [6, 6.07) is 4.98. The predicted molar refractivity (Wildman–Crippen MR) is 78.3 cm³/mol. The summed E-state index contributed by atoms with van der Waals surface area (Å²) in [6.45, 7) is 3.42. The van der Waals surface area contributed by atoms with Crippen molar-refractivity contribution >= 4 is 12.0 Å². The fourth-order valence-electron chi connectivity index (χ4n) is 1.77. The summed E-state index contributed by atoms with van der Waals surface area (Å²) in [7, 11) is 2.81. The highest BCUT2D eigenvalue weighted by Gasteiger charge is 2.22. The molecule has 0 fully saturated rings. The van der Waals surface area contributed by atoms with E-state index >= 15 is 0 Å². The molecule has 1 rings (SSSR count). The zero-order valence-corrected chi connectivity index (χ0v) is 13.1. The molecule has 1 unspecified atom stereocenters. The Morgan fingerprint density at radius 1 is 1.36 bits per heavy atom. The van der Waals surface area contributed by atoms with Crippen LogP contribution in [0.25, 0.3) is 0 Å². The standard InChI is InChI=1S/C15H21FN2O4/c1-10(2)22-15(20)17-13(9-14(19)18(3)21-4)11-6-5-7-12(16)8-11/h5-8,10,13H,9H2,1-4H3,(H,17,20). The van der Waals surface area contributed by atoms with Crippen LogP contribution < -0.4 is 5.32 Å². The molecule has 0 aliphatic rings. The summed E-state index contributed by atoms with van der Waals surface area (Å²) in [4.78, 5) is 28.5. The highest BCUT2D eigenvalue weighted by Crippen LogP contribution is 2.19. The van der Waals surface area contributed by atoms with E-state index in [1.807, 2.05) is 0 Å². The van der Waals surface area contributed by atoms with Crippen LogP contribution in [0, 0.1) is 5.82 Å². The molecule has 1 N–H and O–H groups in total. The third kappa shape index (κ3) is 5.69. The van der Waals surface area contributed by atoms with Crippen LogP contribution in [0.2, 0.25) is 0 Å². The molecule has 0 aliphatic carbocycles. The first-order valence-electron chi connectivity index (χ1n) is 6.86. The lowest BCUT2D eigenvalue weighted by atomic mass is 10.0. The maximum absolute atomic E-state index is 13.4. The van der Waals surface area contributed by atoms with E-state index < -0.39 is 18.0 Å². The van der Waals surface area contributed by atoms with Gasteiger partial charge in [0.2, 0.25) is 5.91 Å². The molecular weight excluding hydrogens is 291 g/mol. The minimum Gasteiger partial charge on any atom is -0.447 e. The van der Waals surface area contributed by atoms with E-state index in [0.717, 1.165) is 5.06 Å². The number of nitrogens with one attached hydrogen (secondary N) is 1. The lowest BCUT2D eigenvalue weighted by Crippen LogP contribution is -2.35. The largest absolute Gasteiger partial charge is 0.447 e. The molecular formula is C15H21FN2O4. The fourth-order valence-corrected chi connectivity index (χ4v) is 1.77. The molecule has 0 saturated carbocycles. The van der Waals surface area contributed by atoms with Crippen LogP contribution in [0.5, 0.6) is 0 Å². The second-order valence-electron chi connectivity index (χ2n) is 4.98. The number of alkyl carbamates (subject to hydrolysis) is 1. The third-order valence-electron chi connectivity index (χ3n) is 2.89. The number of rotatable bonds is 6. The smallest absolute Gasteiger partial charge is 0.407 e. The van der Waals surface area contributed by atoms with Gasteiger partial charge >= 0.3 is 6.09 Å². The van der Waals surface area contributed by atoms with Gasteiger partial charge in [0.05, 0.1) is 25.7 Å². The van der Waals surface area contributed by atoms with E-state index in [0.29, 0.717) is 5.56 Å². The minimum absolute atomic E-state index is 0.0824. The Kier molecular flexibility index (Phi) is 6.78. The van der Waals surface area contributed by atoms with Crippen LogP contribution in [-0.2, 0) is 14.4 Å². The normalized spacial score (nSPS) is 11.9. The number of benzene rings is 1. The van der Waals surface area contributed by atoms with Gasteiger partial charge in [-0.15, -0.1) is 0 Å². The lowest BCUT2D eigenvalue weighted by molar-refractivity contribution is -0.169. The van der Waals surface area contributed by atoms with Gasteiger partial charge in [-0.3, -0.25) is 9.63 Å². The van der Waals surface area contributed by atoms with Crippen LogP contribution in [0.4, 0.5) is 9.18 Å². The molecule has 0 heterocycles. The summed E-state index contributed by atoms with van der Waals surface area (Å²) in [5, 5.41) is 3.61. The maximum atomic E-state index is 13.4. The van der Waals surface area contributed by atoms with Crippen LogP contribution in [0.15, 0.2) is 24.3 Å². The lowest BCUT2D eigenvalue weighted by Gasteiger charge is -2.22. The Morgan fingerprint density at radius 2 is 2.05 bits per heavy atom. The summed E-state index contributed by atoms with van der Waals surface area (Å²) in [5.74, 6) is -0.810. The Labute approximate surface area is 129 Å². The molecule has 0 aliphatic heterocycles. The number of nitrogens with zero attached hydrogens (tertiary/aromatic N) is 1. The Hall–Kier alpha value is -2.15. The Morgan fingerprint density at radius 3 is 2.59 bits per heavy atom. The second kappa shape index (κ2) is 8.33. The zero-order chi connectivity index (χ0) is 16.7. The van der Waals surface area contributed by atoms with Gasteiger partial charge < -0.3 is 10.1 Å². The number of amides is 2. The second-order valence-corrected chi connectivity index (χ2v) is 4.98. The van der Waals surface area contributed by atoms with Crippen molar-refractivity contribution in [3.05, 3.63) is 35.6 Å². The number of halogens is 1. The summed E-state index contributed by atoms with van der Waals surface area (Å²) >= 11 is 0. The first-order chi connectivity index (χ1) is 10.3. The molecule has 2 amide bonds. The van der Waals surface area contributed by atoms with Crippen molar-refractivity contribution in [2.24, 2.45) is 0 Å². The van der Waals surface area contributed by atoms with E-state index in [-0.39, 0.29) is 18.4 Å². The van der Waals surface area contributed by atoms with Crippen LogP contribution in [0.3, 0.4) is 0 Å². The van der Waals surface area contributed by atoms with E-state index in [1.54, 1.807) is 19.9 Å². The van der Waals surface area contributed by atoms with Gasteiger partial charge in [0.1, 0.15) is 5.82 Å². The van der Waals surface area contributed by atoms with Gasteiger partial charge in [0.25, 0.3) is 0 Å². The van der Waals surface area contributed by atoms with Crippen molar-refractivity contribution in [3.8, 4) is 0 Å². The number of hydroxylamine groups is 2. The topological polar surface area (TPSA) is 67.9 Å². The molecule has 0 bridgehead atoms. The van der Waals surface area contributed by atoms with Crippen LogP contribution in [0.1, 0.15) is 31.9 Å². The quantitative estimate of drug-likeness (QED) is 0.819. The van der Waals surface area contributed by atoms with Gasteiger partial charge in [-0.1, -0.05) is 12.1 Å². The van der Waals surface area contributed by atoms with Crippen molar-refractivity contribution in [3.63, 3.8) is 0 Å². The maximum Gasteiger partial charge on any atom is 0.407 e. The third-order valence-corrected chi connectivity index (χ3v) is 2.89. The van der Waals surface area contributed by atoms with Crippen molar-refractivity contribution in [1.29, 1.82) is 0 Å². The molecule has 0 radical (unpaired) electrons. The van der Waals surface area contributed by atoms with Crippen LogP contribution >= 0.6 is 0 Å². The van der Waals surface area contributed by atoms with Gasteiger partial charge in [0.15, 0.2) is 0 Å². The minimum atomic E-state index is -0.716. The molecule has 1 atom stereocenters. The fraction of sp³-hybridized carbons (Fsp3) is 0.467. The number of carbonyl (C=O) groups excluding carboxylic acids is 2. The average molecular weight is 312 g/mol. The molecule has 7 heteroatoms. The number of hydrogen-bond donors (Lipinski definition) is 1.